The van der Waals surface area contributed by atoms with Crippen LogP contribution < -0.4 is 4.52 Å². The van der Waals surface area contributed by atoms with Gasteiger partial charge >= 0.3 is 0 Å². The molecule has 0 amide bonds. The Morgan fingerprint density at radius 3 is 3.00 bits per heavy atom. The van der Waals surface area contributed by atoms with Crippen LogP contribution in [-0.2, 0) is 0 Å². The molecule has 0 fully saturated rings. The first-order valence-electron chi connectivity index (χ1n) is 3.36. The first-order chi connectivity index (χ1) is 5.75. The van der Waals surface area contributed by atoms with Crippen LogP contribution in [0.1, 0.15) is 5.56 Å². The topological polar surface area (TPSA) is 9.23 Å². The summed E-state index contributed by atoms with van der Waals surface area (Å²) in [5.41, 5.74) is 0.988. The highest BCUT2D eigenvalue weighted by molar-refractivity contribution is 7.83. The van der Waals surface area contributed by atoms with E-state index in [0.29, 0.717) is 5.02 Å². The number of benzene rings is 1. The molecule has 0 aromatic heterocycles. The second-order valence-electron chi connectivity index (χ2n) is 2.36. The predicted molar refractivity (Wildman–Crippen MR) is 53.9 cm³/mol. The largest absolute Gasteiger partial charge is 0.453 e. The molecule has 0 N–H and O–H groups in total. The molecule has 1 unspecified atom stereocenters. The zero-order valence-electron chi connectivity index (χ0n) is 6.00. The van der Waals surface area contributed by atoms with E-state index in [-0.39, 0.29) is 0 Å². The van der Waals surface area contributed by atoms with Gasteiger partial charge in [0, 0.05) is 10.6 Å². The second-order valence-corrected chi connectivity index (χ2v) is 4.82. The summed E-state index contributed by atoms with van der Waals surface area (Å²) in [6.45, 7) is 0. The third kappa shape index (κ3) is 1.59. The molecule has 0 saturated carbocycles. The fraction of sp³-hybridized carbons (Fsp3) is 0. The van der Waals surface area contributed by atoms with Crippen LogP contribution in [0.5, 0.6) is 5.75 Å². The number of halogens is 2. The Kier molecular flexibility index (Phi) is 2.27. The van der Waals surface area contributed by atoms with Crippen molar-refractivity contribution in [1.82, 2.24) is 0 Å². The lowest BCUT2D eigenvalue weighted by atomic mass is 10.2. The summed E-state index contributed by atoms with van der Waals surface area (Å²) >= 11 is 11.6. The number of hydrogen-bond acceptors (Lipinski definition) is 1. The van der Waals surface area contributed by atoms with Gasteiger partial charge in [0.25, 0.3) is 0 Å². The lowest BCUT2D eigenvalue weighted by Gasteiger charge is -2.15. The van der Waals surface area contributed by atoms with E-state index in [1.807, 2.05) is 24.0 Å². The highest BCUT2D eigenvalue weighted by Crippen LogP contribution is 2.49. The first kappa shape index (κ1) is 8.37. The summed E-state index contributed by atoms with van der Waals surface area (Å²) in [5, 5.41) is 0.711. The van der Waals surface area contributed by atoms with Crippen LogP contribution in [0.4, 0.5) is 0 Å². The fourth-order valence-electron chi connectivity index (χ4n) is 0.996. The number of fused-ring (bicyclic) bond motifs is 1. The maximum atomic E-state index is 5.81. The van der Waals surface area contributed by atoms with Gasteiger partial charge in [-0.3, -0.25) is 0 Å². The van der Waals surface area contributed by atoms with E-state index in [0.717, 1.165) is 11.3 Å². The lowest BCUT2D eigenvalue weighted by Crippen LogP contribution is -1.88. The monoisotopic (exact) mass is 218 g/mol. The minimum Gasteiger partial charge on any atom is -0.453 e. The SMILES string of the molecule is Clc1ccc2c(c1)C=CP(Cl)O2. The Morgan fingerprint density at radius 1 is 1.33 bits per heavy atom. The van der Waals surface area contributed by atoms with Crippen molar-refractivity contribution in [1.29, 1.82) is 0 Å². The Hall–Kier alpha value is -0.230. The van der Waals surface area contributed by atoms with Crippen LogP contribution in [0.2, 0.25) is 5.02 Å². The normalized spacial score (nSPS) is 20.0. The number of hydrogen-bond donors (Lipinski definition) is 0. The smallest absolute Gasteiger partial charge is 0.207 e. The van der Waals surface area contributed by atoms with Crippen molar-refractivity contribution in [3.05, 3.63) is 34.6 Å². The molecule has 0 radical (unpaired) electrons. The van der Waals surface area contributed by atoms with Gasteiger partial charge in [-0.15, -0.1) is 0 Å². The van der Waals surface area contributed by atoms with Crippen molar-refractivity contribution in [2.24, 2.45) is 0 Å². The first-order valence-corrected chi connectivity index (χ1v) is 5.97. The van der Waals surface area contributed by atoms with Crippen molar-refractivity contribution in [2.45, 2.75) is 0 Å². The predicted octanol–water partition coefficient (Wildman–Crippen LogP) is 4.25. The Morgan fingerprint density at radius 2 is 2.17 bits per heavy atom. The molecular formula is C8H5Cl2OP. The van der Waals surface area contributed by atoms with Gasteiger partial charge in [-0.25, -0.2) is 0 Å². The quantitative estimate of drug-likeness (QED) is 0.592. The molecule has 0 bridgehead atoms. The van der Waals surface area contributed by atoms with E-state index < -0.39 is 7.50 Å². The summed E-state index contributed by atoms with van der Waals surface area (Å²) in [6.07, 6.45) is 1.93. The van der Waals surface area contributed by atoms with Gasteiger partial charge in [-0.2, -0.15) is 0 Å². The molecule has 1 nitrogen and oxygen atoms in total. The molecule has 1 heterocycles. The Labute approximate surface area is 81.6 Å². The van der Waals surface area contributed by atoms with Gasteiger partial charge in [0.05, 0.1) is 0 Å². The summed E-state index contributed by atoms with van der Waals surface area (Å²) in [6, 6.07) is 5.48. The second kappa shape index (κ2) is 3.26. The molecule has 1 atom stereocenters. The summed E-state index contributed by atoms with van der Waals surface area (Å²) in [5.74, 6) is 2.65. The van der Waals surface area contributed by atoms with Gasteiger partial charge < -0.3 is 4.52 Å². The van der Waals surface area contributed by atoms with Crippen LogP contribution >= 0.6 is 30.3 Å². The Balaban J connectivity index is 2.47. The third-order valence-corrected chi connectivity index (χ3v) is 3.06. The highest BCUT2D eigenvalue weighted by atomic mass is 35.7. The van der Waals surface area contributed by atoms with Crippen LogP contribution in [0.25, 0.3) is 6.08 Å². The average Bonchev–Trinajstić information content (AvgIpc) is 2.05. The van der Waals surface area contributed by atoms with Crippen molar-refractivity contribution in [3.63, 3.8) is 0 Å². The minimum absolute atomic E-state index is 0.711. The third-order valence-electron chi connectivity index (χ3n) is 1.53. The zero-order valence-corrected chi connectivity index (χ0v) is 8.40. The molecule has 1 aliphatic rings. The molecule has 1 aromatic carbocycles. The summed E-state index contributed by atoms with van der Waals surface area (Å²) in [4.78, 5) is 0. The van der Waals surface area contributed by atoms with Crippen molar-refractivity contribution >= 4 is 36.4 Å². The molecule has 2 rings (SSSR count). The maximum Gasteiger partial charge on any atom is 0.207 e. The summed E-state index contributed by atoms with van der Waals surface area (Å²) in [7, 11) is -0.939. The van der Waals surface area contributed by atoms with Crippen molar-refractivity contribution in [2.75, 3.05) is 0 Å². The molecule has 62 valence electrons. The average molecular weight is 219 g/mol. The van der Waals surface area contributed by atoms with Crippen LogP contribution in [0.3, 0.4) is 0 Å². The van der Waals surface area contributed by atoms with Gasteiger partial charge in [0.15, 0.2) is 0 Å². The summed E-state index contributed by atoms with van der Waals surface area (Å²) < 4.78 is 5.37. The molecular weight excluding hydrogens is 214 g/mol. The Bertz CT molecular complexity index is 338. The molecule has 1 aromatic rings. The molecule has 1 aliphatic heterocycles. The fourth-order valence-corrected chi connectivity index (χ4v) is 2.26. The van der Waals surface area contributed by atoms with Gasteiger partial charge in [0.1, 0.15) is 5.75 Å². The number of rotatable bonds is 0. The van der Waals surface area contributed by atoms with Crippen LogP contribution in [0.15, 0.2) is 24.0 Å². The lowest BCUT2D eigenvalue weighted by molar-refractivity contribution is 0.629. The van der Waals surface area contributed by atoms with E-state index in [1.54, 1.807) is 6.07 Å². The maximum absolute atomic E-state index is 5.81. The van der Waals surface area contributed by atoms with E-state index in [2.05, 4.69) is 0 Å². The van der Waals surface area contributed by atoms with Gasteiger partial charge in [-0.1, -0.05) is 11.6 Å². The van der Waals surface area contributed by atoms with Gasteiger partial charge in [-0.05, 0) is 41.3 Å². The van der Waals surface area contributed by atoms with E-state index in [9.17, 15) is 0 Å². The van der Waals surface area contributed by atoms with Crippen LogP contribution in [0, 0.1) is 0 Å². The van der Waals surface area contributed by atoms with E-state index in [1.165, 1.54) is 0 Å². The molecule has 4 heteroatoms. The van der Waals surface area contributed by atoms with Crippen LogP contribution in [-0.4, -0.2) is 0 Å². The standard InChI is InChI=1S/C8H5Cl2OP/c9-7-1-2-8-6(5-7)3-4-12(10)11-8/h1-5H. The van der Waals surface area contributed by atoms with E-state index >= 15 is 0 Å². The van der Waals surface area contributed by atoms with Gasteiger partial charge in [0.2, 0.25) is 7.50 Å². The molecule has 0 saturated heterocycles. The molecule has 12 heavy (non-hydrogen) atoms. The van der Waals surface area contributed by atoms with Crippen molar-refractivity contribution < 1.29 is 4.52 Å². The zero-order chi connectivity index (χ0) is 8.55. The van der Waals surface area contributed by atoms with Crippen molar-refractivity contribution in [3.8, 4) is 5.75 Å². The van der Waals surface area contributed by atoms with E-state index in [4.69, 9.17) is 27.4 Å². The minimum atomic E-state index is -0.939. The highest BCUT2D eigenvalue weighted by Gasteiger charge is 2.12. The molecule has 0 aliphatic carbocycles. The molecule has 0 spiro atoms.